The normalized spacial score (nSPS) is 10.7. The quantitative estimate of drug-likeness (QED) is 0.801. The molecule has 7 heteroatoms. The van der Waals surface area contributed by atoms with E-state index in [9.17, 15) is 9.18 Å². The molecule has 1 aromatic heterocycles. The van der Waals surface area contributed by atoms with Crippen molar-refractivity contribution < 1.29 is 9.18 Å². The van der Waals surface area contributed by atoms with Crippen molar-refractivity contribution >= 4 is 17.5 Å². The van der Waals surface area contributed by atoms with Crippen molar-refractivity contribution in [3.8, 4) is 17.1 Å². The number of benzene rings is 2. The Morgan fingerprint density at radius 3 is 2.57 bits per heavy atom. The number of hydrogen-bond donors (Lipinski definition) is 1. The minimum atomic E-state index is -0.744. The molecular weight excluding hydrogens is 319 g/mol. The summed E-state index contributed by atoms with van der Waals surface area (Å²) in [4.78, 5) is 15.6. The summed E-state index contributed by atoms with van der Waals surface area (Å²) in [6, 6.07) is 11.1. The van der Waals surface area contributed by atoms with Gasteiger partial charge in [-0.3, -0.25) is 4.79 Å². The number of primary amides is 1. The Bertz CT molecular complexity index is 890. The molecule has 3 rings (SSSR count). The summed E-state index contributed by atoms with van der Waals surface area (Å²) in [6.45, 7) is 1.83. The van der Waals surface area contributed by atoms with E-state index in [-0.39, 0.29) is 11.6 Å². The Morgan fingerprint density at radius 1 is 1.22 bits per heavy atom. The lowest BCUT2D eigenvalue weighted by Gasteiger charge is -2.10. The predicted octanol–water partition coefficient (Wildman–Crippen LogP) is 3.13. The first-order chi connectivity index (χ1) is 11.0. The van der Waals surface area contributed by atoms with Crippen molar-refractivity contribution in [2.24, 2.45) is 5.73 Å². The molecule has 5 nitrogen and oxygen atoms in total. The van der Waals surface area contributed by atoms with Crippen molar-refractivity contribution in [2.45, 2.75) is 6.92 Å². The third kappa shape index (κ3) is 2.80. The molecule has 2 aromatic carbocycles. The van der Waals surface area contributed by atoms with Crippen LogP contribution in [0.25, 0.3) is 17.1 Å². The van der Waals surface area contributed by atoms with Gasteiger partial charge in [-0.25, -0.2) is 14.1 Å². The zero-order valence-electron chi connectivity index (χ0n) is 12.1. The maximum absolute atomic E-state index is 13.1. The molecule has 0 spiro atoms. The minimum Gasteiger partial charge on any atom is -0.363 e. The van der Waals surface area contributed by atoms with Crippen molar-refractivity contribution in [2.75, 3.05) is 0 Å². The lowest BCUT2D eigenvalue weighted by atomic mass is 10.1. The molecule has 1 amide bonds. The van der Waals surface area contributed by atoms with Crippen LogP contribution in [0, 0.1) is 12.7 Å². The van der Waals surface area contributed by atoms with Crippen molar-refractivity contribution in [1.82, 2.24) is 14.8 Å². The highest BCUT2D eigenvalue weighted by Crippen LogP contribution is 2.26. The number of carbonyl (C=O) groups is 1. The van der Waals surface area contributed by atoms with Gasteiger partial charge < -0.3 is 5.73 Å². The Balaban J connectivity index is 2.25. The van der Waals surface area contributed by atoms with E-state index in [0.717, 1.165) is 5.56 Å². The van der Waals surface area contributed by atoms with Crippen molar-refractivity contribution in [3.63, 3.8) is 0 Å². The second kappa shape index (κ2) is 5.81. The van der Waals surface area contributed by atoms with E-state index in [1.807, 2.05) is 6.92 Å². The molecule has 0 fully saturated rings. The lowest BCUT2D eigenvalue weighted by Crippen LogP contribution is -2.13. The van der Waals surface area contributed by atoms with Gasteiger partial charge in [0.1, 0.15) is 5.82 Å². The molecule has 3 aromatic rings. The number of rotatable bonds is 3. The maximum Gasteiger partial charge on any atom is 0.288 e. The molecule has 116 valence electrons. The van der Waals surface area contributed by atoms with Crippen LogP contribution in [0.3, 0.4) is 0 Å². The van der Waals surface area contributed by atoms with Crippen LogP contribution < -0.4 is 5.73 Å². The standard InChI is InChI=1S/C16H12ClFN4O/c1-9-12(17)3-2-4-13(9)22-16(20-15(21-22)14(19)23)10-5-7-11(18)8-6-10/h2-8H,1H3,(H2,19,23). The number of nitrogens with zero attached hydrogens (tertiary/aromatic N) is 3. The average Bonchev–Trinajstić information content (AvgIpc) is 2.96. The van der Waals surface area contributed by atoms with Gasteiger partial charge in [-0.1, -0.05) is 17.7 Å². The average molecular weight is 331 g/mol. The highest BCUT2D eigenvalue weighted by Gasteiger charge is 2.18. The van der Waals surface area contributed by atoms with Crippen LogP contribution >= 0.6 is 11.6 Å². The van der Waals surface area contributed by atoms with Crippen LogP contribution in [0.4, 0.5) is 4.39 Å². The van der Waals surface area contributed by atoms with Crippen LogP contribution in [0.1, 0.15) is 16.2 Å². The molecule has 2 N–H and O–H groups in total. The molecule has 1 heterocycles. The number of nitrogens with two attached hydrogens (primary N) is 1. The molecular formula is C16H12ClFN4O. The third-order valence-corrected chi connectivity index (χ3v) is 3.81. The fourth-order valence-corrected chi connectivity index (χ4v) is 2.37. The topological polar surface area (TPSA) is 73.8 Å². The van der Waals surface area contributed by atoms with E-state index in [0.29, 0.717) is 22.1 Å². The predicted molar refractivity (Wildman–Crippen MR) is 85.0 cm³/mol. The SMILES string of the molecule is Cc1c(Cl)cccc1-n1nc(C(N)=O)nc1-c1ccc(F)cc1. The van der Waals surface area contributed by atoms with Crippen LogP contribution in [0.2, 0.25) is 5.02 Å². The molecule has 0 aliphatic rings. The van der Waals surface area contributed by atoms with Crippen LogP contribution in [-0.2, 0) is 0 Å². The van der Waals surface area contributed by atoms with Gasteiger partial charge in [-0.15, -0.1) is 5.10 Å². The third-order valence-electron chi connectivity index (χ3n) is 3.40. The molecule has 0 unspecified atom stereocenters. The summed E-state index contributed by atoms with van der Waals surface area (Å²) in [5.74, 6) is -0.853. The van der Waals surface area contributed by atoms with Gasteiger partial charge in [0.15, 0.2) is 5.82 Å². The number of amides is 1. The first-order valence-electron chi connectivity index (χ1n) is 6.75. The second-order valence-corrected chi connectivity index (χ2v) is 5.33. The van der Waals surface area contributed by atoms with Gasteiger partial charge in [-0.05, 0) is 48.9 Å². The monoisotopic (exact) mass is 330 g/mol. The van der Waals surface area contributed by atoms with E-state index in [1.54, 1.807) is 30.3 Å². The number of halogens is 2. The number of carbonyl (C=O) groups excluding carboxylic acids is 1. The van der Waals surface area contributed by atoms with Crippen molar-refractivity contribution in [3.05, 3.63) is 64.7 Å². The molecule has 23 heavy (non-hydrogen) atoms. The van der Waals surface area contributed by atoms with Crippen LogP contribution in [0.5, 0.6) is 0 Å². The first kappa shape index (κ1) is 15.2. The van der Waals surface area contributed by atoms with Gasteiger partial charge in [0.05, 0.1) is 5.69 Å². The van der Waals surface area contributed by atoms with E-state index >= 15 is 0 Å². The molecule has 0 saturated carbocycles. The Morgan fingerprint density at radius 2 is 1.91 bits per heavy atom. The van der Waals surface area contributed by atoms with Crippen molar-refractivity contribution in [1.29, 1.82) is 0 Å². The zero-order valence-corrected chi connectivity index (χ0v) is 12.9. The lowest BCUT2D eigenvalue weighted by molar-refractivity contribution is 0.0990. The van der Waals surface area contributed by atoms with E-state index in [2.05, 4.69) is 10.1 Å². The number of hydrogen-bond acceptors (Lipinski definition) is 3. The van der Waals surface area contributed by atoms with Gasteiger partial charge in [0.25, 0.3) is 5.91 Å². The summed E-state index contributed by atoms with van der Waals surface area (Å²) in [5.41, 5.74) is 7.32. The first-order valence-corrected chi connectivity index (χ1v) is 7.13. The summed E-state index contributed by atoms with van der Waals surface area (Å²) in [5, 5.41) is 4.72. The maximum atomic E-state index is 13.1. The minimum absolute atomic E-state index is 0.122. The molecule has 0 bridgehead atoms. The molecule has 0 radical (unpaired) electrons. The summed E-state index contributed by atoms with van der Waals surface area (Å²) < 4.78 is 14.6. The summed E-state index contributed by atoms with van der Waals surface area (Å²) in [7, 11) is 0. The fraction of sp³-hybridized carbons (Fsp3) is 0.0625. The van der Waals surface area contributed by atoms with Gasteiger partial charge >= 0.3 is 0 Å². The highest BCUT2D eigenvalue weighted by molar-refractivity contribution is 6.31. The summed E-state index contributed by atoms with van der Waals surface area (Å²) >= 11 is 6.15. The largest absolute Gasteiger partial charge is 0.363 e. The Hall–Kier alpha value is -2.73. The van der Waals surface area contributed by atoms with Gasteiger partial charge in [0.2, 0.25) is 5.82 Å². The van der Waals surface area contributed by atoms with E-state index < -0.39 is 5.91 Å². The second-order valence-electron chi connectivity index (χ2n) is 4.93. The zero-order chi connectivity index (χ0) is 16.6. The van der Waals surface area contributed by atoms with Gasteiger partial charge in [0, 0.05) is 10.6 Å². The Kier molecular flexibility index (Phi) is 3.83. The highest BCUT2D eigenvalue weighted by atomic mass is 35.5. The molecule has 0 saturated heterocycles. The number of aromatic nitrogens is 3. The molecule has 0 atom stereocenters. The van der Waals surface area contributed by atoms with Crippen LogP contribution in [0.15, 0.2) is 42.5 Å². The van der Waals surface area contributed by atoms with E-state index in [1.165, 1.54) is 16.8 Å². The van der Waals surface area contributed by atoms with E-state index in [4.69, 9.17) is 17.3 Å². The fourth-order valence-electron chi connectivity index (χ4n) is 2.20. The molecule has 0 aliphatic carbocycles. The van der Waals surface area contributed by atoms with Crippen LogP contribution in [-0.4, -0.2) is 20.7 Å². The van der Waals surface area contributed by atoms with Gasteiger partial charge in [-0.2, -0.15) is 0 Å². The molecule has 0 aliphatic heterocycles. The Labute approximate surface area is 136 Å². The summed E-state index contributed by atoms with van der Waals surface area (Å²) in [6.07, 6.45) is 0. The smallest absolute Gasteiger partial charge is 0.288 e.